The molecular weight excluding hydrogens is 221 g/mol. The minimum atomic E-state index is -0.369. The zero-order chi connectivity index (χ0) is 12.7. The summed E-state index contributed by atoms with van der Waals surface area (Å²) < 4.78 is 12.9. The number of rotatable bonds is 5. The smallest absolute Gasteiger partial charge is 0.319 e. The van der Waals surface area contributed by atoms with Crippen molar-refractivity contribution in [2.75, 3.05) is 25.5 Å². The molecule has 0 bridgehead atoms. The Morgan fingerprint density at radius 1 is 1.41 bits per heavy atom. The van der Waals surface area contributed by atoms with Gasteiger partial charge in [-0.1, -0.05) is 13.0 Å². The van der Waals surface area contributed by atoms with Gasteiger partial charge in [-0.25, -0.2) is 9.18 Å². The minimum Gasteiger partial charge on any atom is -0.338 e. The maximum Gasteiger partial charge on any atom is 0.319 e. The van der Waals surface area contributed by atoms with Gasteiger partial charge in [-0.05, 0) is 37.7 Å². The molecule has 17 heavy (non-hydrogen) atoms. The van der Waals surface area contributed by atoms with Crippen molar-refractivity contribution in [1.29, 1.82) is 0 Å². The van der Waals surface area contributed by atoms with Gasteiger partial charge in [0, 0.05) is 12.2 Å². The van der Waals surface area contributed by atoms with Crippen LogP contribution in [0, 0.1) is 11.7 Å². The van der Waals surface area contributed by atoms with Crippen molar-refractivity contribution in [3.8, 4) is 0 Å². The summed E-state index contributed by atoms with van der Waals surface area (Å²) in [4.78, 5) is 11.5. The van der Waals surface area contributed by atoms with Gasteiger partial charge >= 0.3 is 6.03 Å². The molecule has 0 radical (unpaired) electrons. The van der Waals surface area contributed by atoms with Gasteiger partial charge in [0.2, 0.25) is 0 Å². The van der Waals surface area contributed by atoms with Gasteiger partial charge in [0.15, 0.2) is 0 Å². The van der Waals surface area contributed by atoms with E-state index in [9.17, 15) is 9.18 Å². The molecule has 1 rings (SSSR count). The number of nitrogens with one attached hydrogen (secondary N) is 3. The highest BCUT2D eigenvalue weighted by molar-refractivity contribution is 5.89. The van der Waals surface area contributed by atoms with E-state index in [2.05, 4.69) is 16.0 Å². The third-order valence-electron chi connectivity index (χ3n) is 2.25. The SMILES string of the molecule is CNCC(C)CNC(=O)Nc1cccc(F)c1. The van der Waals surface area contributed by atoms with E-state index >= 15 is 0 Å². The summed E-state index contributed by atoms with van der Waals surface area (Å²) in [5, 5.41) is 8.32. The average molecular weight is 239 g/mol. The first-order valence-corrected chi connectivity index (χ1v) is 5.57. The quantitative estimate of drug-likeness (QED) is 0.734. The fourth-order valence-electron chi connectivity index (χ4n) is 1.43. The van der Waals surface area contributed by atoms with E-state index in [1.165, 1.54) is 12.1 Å². The Balaban J connectivity index is 2.34. The second kappa shape index (κ2) is 6.85. The molecule has 0 saturated heterocycles. The molecule has 1 unspecified atom stereocenters. The number of benzene rings is 1. The first-order valence-electron chi connectivity index (χ1n) is 5.57. The van der Waals surface area contributed by atoms with Gasteiger partial charge in [-0.3, -0.25) is 0 Å². The number of amides is 2. The Bertz CT molecular complexity index is 371. The second-order valence-corrected chi connectivity index (χ2v) is 4.01. The van der Waals surface area contributed by atoms with Crippen LogP contribution in [0.25, 0.3) is 0 Å². The normalized spacial score (nSPS) is 11.9. The topological polar surface area (TPSA) is 53.2 Å². The largest absolute Gasteiger partial charge is 0.338 e. The lowest BCUT2D eigenvalue weighted by Crippen LogP contribution is -2.35. The number of hydrogen-bond acceptors (Lipinski definition) is 2. The molecule has 0 fully saturated rings. The zero-order valence-electron chi connectivity index (χ0n) is 10.1. The Morgan fingerprint density at radius 2 is 2.18 bits per heavy atom. The zero-order valence-corrected chi connectivity index (χ0v) is 10.1. The number of halogens is 1. The maximum atomic E-state index is 12.9. The van der Waals surface area contributed by atoms with Crippen molar-refractivity contribution in [1.82, 2.24) is 10.6 Å². The van der Waals surface area contributed by atoms with E-state index in [0.29, 0.717) is 18.2 Å². The summed E-state index contributed by atoms with van der Waals surface area (Å²) >= 11 is 0. The molecular formula is C12H18FN3O. The first-order chi connectivity index (χ1) is 8.11. The van der Waals surface area contributed by atoms with Gasteiger partial charge in [0.05, 0.1) is 0 Å². The van der Waals surface area contributed by atoms with Crippen LogP contribution in [0.1, 0.15) is 6.92 Å². The third-order valence-corrected chi connectivity index (χ3v) is 2.25. The maximum absolute atomic E-state index is 12.9. The van der Waals surface area contributed by atoms with Crippen molar-refractivity contribution >= 4 is 11.7 Å². The highest BCUT2D eigenvalue weighted by Gasteiger charge is 2.05. The third kappa shape index (κ3) is 5.31. The molecule has 0 saturated carbocycles. The van der Waals surface area contributed by atoms with Crippen LogP contribution in [-0.4, -0.2) is 26.2 Å². The van der Waals surface area contributed by atoms with E-state index in [0.717, 1.165) is 6.54 Å². The summed E-state index contributed by atoms with van der Waals surface area (Å²) in [6.07, 6.45) is 0. The van der Waals surface area contributed by atoms with Crippen molar-refractivity contribution < 1.29 is 9.18 Å². The molecule has 1 atom stereocenters. The van der Waals surface area contributed by atoms with Crippen molar-refractivity contribution in [2.45, 2.75) is 6.92 Å². The van der Waals surface area contributed by atoms with Crippen LogP contribution in [-0.2, 0) is 0 Å². The lowest BCUT2D eigenvalue weighted by Gasteiger charge is -2.12. The average Bonchev–Trinajstić information content (AvgIpc) is 2.27. The van der Waals surface area contributed by atoms with Crippen molar-refractivity contribution in [3.05, 3.63) is 30.1 Å². The molecule has 1 aromatic rings. The fourth-order valence-corrected chi connectivity index (χ4v) is 1.43. The van der Waals surface area contributed by atoms with Crippen molar-refractivity contribution in [3.63, 3.8) is 0 Å². The molecule has 1 aromatic carbocycles. The summed E-state index contributed by atoms with van der Waals surface area (Å²) in [5.74, 6) is -0.0235. The molecule has 0 aliphatic heterocycles. The van der Waals surface area contributed by atoms with E-state index in [1.54, 1.807) is 12.1 Å². The van der Waals surface area contributed by atoms with Crippen LogP contribution < -0.4 is 16.0 Å². The van der Waals surface area contributed by atoms with E-state index < -0.39 is 0 Å². The van der Waals surface area contributed by atoms with Crippen molar-refractivity contribution in [2.24, 2.45) is 5.92 Å². The Labute approximate surface area is 101 Å². The summed E-state index contributed by atoms with van der Waals surface area (Å²) in [6.45, 7) is 3.43. The molecule has 4 nitrogen and oxygen atoms in total. The molecule has 5 heteroatoms. The number of carbonyl (C=O) groups excluding carboxylic acids is 1. The summed E-state index contributed by atoms with van der Waals surface area (Å²) in [5.41, 5.74) is 0.448. The lowest BCUT2D eigenvalue weighted by atomic mass is 10.2. The molecule has 0 aliphatic carbocycles. The van der Waals surface area contributed by atoms with Gasteiger partial charge < -0.3 is 16.0 Å². The highest BCUT2D eigenvalue weighted by atomic mass is 19.1. The van der Waals surface area contributed by atoms with Crippen LogP contribution in [0.4, 0.5) is 14.9 Å². The predicted octanol–water partition coefficient (Wildman–Crippen LogP) is 1.80. The Hall–Kier alpha value is -1.62. The molecule has 0 heterocycles. The molecule has 0 aromatic heterocycles. The van der Waals surface area contributed by atoms with Crippen LogP contribution in [0.3, 0.4) is 0 Å². The lowest BCUT2D eigenvalue weighted by molar-refractivity contribution is 0.250. The van der Waals surface area contributed by atoms with Crippen LogP contribution in [0.15, 0.2) is 24.3 Å². The Kier molecular flexibility index (Phi) is 5.42. The number of anilines is 1. The molecule has 3 N–H and O–H groups in total. The van der Waals surface area contributed by atoms with Gasteiger partial charge in [-0.15, -0.1) is 0 Å². The van der Waals surface area contributed by atoms with E-state index in [1.807, 2.05) is 14.0 Å². The van der Waals surface area contributed by atoms with E-state index in [-0.39, 0.29) is 11.8 Å². The summed E-state index contributed by atoms with van der Waals surface area (Å²) in [7, 11) is 1.86. The first kappa shape index (κ1) is 13.4. The highest BCUT2D eigenvalue weighted by Crippen LogP contribution is 2.08. The number of hydrogen-bond donors (Lipinski definition) is 3. The van der Waals surface area contributed by atoms with E-state index in [4.69, 9.17) is 0 Å². The molecule has 2 amide bonds. The minimum absolute atomic E-state index is 0.321. The van der Waals surface area contributed by atoms with Gasteiger partial charge in [-0.2, -0.15) is 0 Å². The number of carbonyl (C=O) groups is 1. The standard InChI is InChI=1S/C12H18FN3O/c1-9(7-14-2)8-15-12(17)16-11-5-3-4-10(13)6-11/h3-6,9,14H,7-8H2,1-2H3,(H2,15,16,17). The molecule has 0 spiro atoms. The molecule has 0 aliphatic rings. The fraction of sp³-hybridized carbons (Fsp3) is 0.417. The molecule has 94 valence electrons. The number of urea groups is 1. The Morgan fingerprint density at radius 3 is 2.82 bits per heavy atom. The predicted molar refractivity (Wildman–Crippen MR) is 66.5 cm³/mol. The second-order valence-electron chi connectivity index (χ2n) is 4.01. The van der Waals surface area contributed by atoms with Gasteiger partial charge in [0.25, 0.3) is 0 Å². The monoisotopic (exact) mass is 239 g/mol. The van der Waals surface area contributed by atoms with Crippen LogP contribution >= 0.6 is 0 Å². The summed E-state index contributed by atoms with van der Waals surface area (Å²) in [6, 6.07) is 5.47. The van der Waals surface area contributed by atoms with Crippen LogP contribution in [0.2, 0.25) is 0 Å². The van der Waals surface area contributed by atoms with Crippen LogP contribution in [0.5, 0.6) is 0 Å². The van der Waals surface area contributed by atoms with Gasteiger partial charge in [0.1, 0.15) is 5.82 Å².